The van der Waals surface area contributed by atoms with Crippen molar-refractivity contribution in [1.29, 1.82) is 0 Å². The first-order valence-corrected chi connectivity index (χ1v) is 7.94. The van der Waals surface area contributed by atoms with E-state index < -0.39 is 0 Å². The Morgan fingerprint density at radius 2 is 2.21 bits per heavy atom. The van der Waals surface area contributed by atoms with E-state index in [4.69, 9.17) is 0 Å². The van der Waals surface area contributed by atoms with Crippen LogP contribution in [-0.4, -0.2) is 22.4 Å². The second-order valence-corrected chi connectivity index (χ2v) is 5.73. The highest BCUT2D eigenvalue weighted by Gasteiger charge is 2.17. The van der Waals surface area contributed by atoms with Crippen LogP contribution in [0.4, 0.5) is 10.2 Å². The molecule has 0 bridgehead atoms. The van der Waals surface area contributed by atoms with Gasteiger partial charge in [0.15, 0.2) is 0 Å². The van der Waals surface area contributed by atoms with Crippen molar-refractivity contribution in [2.45, 2.75) is 33.0 Å². The van der Waals surface area contributed by atoms with Gasteiger partial charge in [0.05, 0.1) is 12.2 Å². The van der Waals surface area contributed by atoms with Gasteiger partial charge in [-0.1, -0.05) is 12.1 Å². The summed E-state index contributed by atoms with van der Waals surface area (Å²) in [4.78, 5) is 20.2. The summed E-state index contributed by atoms with van der Waals surface area (Å²) in [5, 5.41) is 9.30. The van der Waals surface area contributed by atoms with Crippen LogP contribution < -0.4 is 16.0 Å². The second kappa shape index (κ2) is 7.35. The third-order valence-electron chi connectivity index (χ3n) is 3.82. The number of hydrogen-bond acceptors (Lipinski definition) is 5. The number of aromatic nitrogens is 2. The highest BCUT2D eigenvalue weighted by Crippen LogP contribution is 2.21. The first-order valence-electron chi connectivity index (χ1n) is 7.94. The smallest absolute Gasteiger partial charge is 0.217 e. The van der Waals surface area contributed by atoms with Gasteiger partial charge in [-0.15, -0.1) is 0 Å². The molecule has 2 aromatic rings. The summed E-state index contributed by atoms with van der Waals surface area (Å²) < 4.78 is 13.3. The Kier molecular flexibility index (Phi) is 5.00. The number of amides is 1. The van der Waals surface area contributed by atoms with E-state index in [1.54, 1.807) is 6.07 Å². The van der Waals surface area contributed by atoms with Gasteiger partial charge in [-0.3, -0.25) is 4.79 Å². The topological polar surface area (TPSA) is 78.9 Å². The minimum absolute atomic E-state index is 0.118. The summed E-state index contributed by atoms with van der Waals surface area (Å²) in [7, 11) is 0. The van der Waals surface area contributed by atoms with E-state index in [0.29, 0.717) is 25.5 Å². The minimum Gasteiger partial charge on any atom is -0.366 e. The average Bonchev–Trinajstić information content (AvgIpc) is 2.58. The van der Waals surface area contributed by atoms with Crippen molar-refractivity contribution in [3.05, 3.63) is 52.7 Å². The van der Waals surface area contributed by atoms with E-state index in [2.05, 4.69) is 25.9 Å². The van der Waals surface area contributed by atoms with E-state index >= 15 is 0 Å². The standard InChI is InChI=1S/C17H20FN5O/c1-11(24)20-10-16-22-15-5-6-19-9-14(15)17(23-16)21-8-12-3-2-4-13(18)7-12/h2-4,7,19H,5-6,8-10H2,1H3,(H,20,24)(H,21,22,23). The molecule has 24 heavy (non-hydrogen) atoms. The molecule has 7 heteroatoms. The minimum atomic E-state index is -0.257. The van der Waals surface area contributed by atoms with Crippen molar-refractivity contribution in [3.63, 3.8) is 0 Å². The molecule has 0 fully saturated rings. The fourth-order valence-electron chi connectivity index (χ4n) is 2.66. The molecule has 3 rings (SSSR count). The molecule has 0 aliphatic carbocycles. The number of nitrogens with one attached hydrogen (secondary N) is 3. The average molecular weight is 329 g/mol. The summed E-state index contributed by atoms with van der Waals surface area (Å²) >= 11 is 0. The van der Waals surface area contributed by atoms with Gasteiger partial charge >= 0.3 is 0 Å². The van der Waals surface area contributed by atoms with Gasteiger partial charge in [0.25, 0.3) is 0 Å². The number of fused-ring (bicyclic) bond motifs is 1. The van der Waals surface area contributed by atoms with Crippen LogP contribution in [0.25, 0.3) is 0 Å². The van der Waals surface area contributed by atoms with Crippen molar-refractivity contribution in [2.24, 2.45) is 0 Å². The molecule has 1 aromatic heterocycles. The molecule has 3 N–H and O–H groups in total. The summed E-state index contributed by atoms with van der Waals surface area (Å²) in [5.41, 5.74) is 2.87. The van der Waals surface area contributed by atoms with Crippen LogP contribution in [0.5, 0.6) is 0 Å². The maximum Gasteiger partial charge on any atom is 0.217 e. The maximum absolute atomic E-state index is 13.3. The first-order chi connectivity index (χ1) is 11.6. The van der Waals surface area contributed by atoms with Crippen molar-refractivity contribution in [1.82, 2.24) is 20.6 Å². The monoisotopic (exact) mass is 329 g/mol. The second-order valence-electron chi connectivity index (χ2n) is 5.73. The summed E-state index contributed by atoms with van der Waals surface area (Å²) in [5.74, 6) is 0.934. The van der Waals surface area contributed by atoms with Crippen LogP contribution in [0.1, 0.15) is 29.6 Å². The predicted molar refractivity (Wildman–Crippen MR) is 88.7 cm³/mol. The summed E-state index contributed by atoms with van der Waals surface area (Å²) in [6, 6.07) is 6.47. The zero-order valence-electron chi connectivity index (χ0n) is 13.5. The molecule has 1 aromatic carbocycles. The molecular formula is C17H20FN5O. The van der Waals surface area contributed by atoms with Crippen LogP contribution in [0.3, 0.4) is 0 Å². The Morgan fingerprint density at radius 3 is 3.00 bits per heavy atom. The lowest BCUT2D eigenvalue weighted by Crippen LogP contribution is -2.28. The van der Waals surface area contributed by atoms with Gasteiger partial charge in [0.2, 0.25) is 5.91 Å². The lowest BCUT2D eigenvalue weighted by Gasteiger charge is -2.21. The number of rotatable bonds is 5. The van der Waals surface area contributed by atoms with Crippen molar-refractivity contribution >= 4 is 11.7 Å². The van der Waals surface area contributed by atoms with Gasteiger partial charge in [-0.05, 0) is 17.7 Å². The number of nitrogens with zero attached hydrogens (tertiary/aromatic N) is 2. The Morgan fingerprint density at radius 1 is 1.33 bits per heavy atom. The van der Waals surface area contributed by atoms with Gasteiger partial charge in [0.1, 0.15) is 17.5 Å². The molecule has 1 amide bonds. The summed E-state index contributed by atoms with van der Waals surface area (Å²) in [6.07, 6.45) is 0.819. The van der Waals surface area contributed by atoms with Crippen molar-refractivity contribution in [3.8, 4) is 0 Å². The van der Waals surface area contributed by atoms with Gasteiger partial charge in [-0.25, -0.2) is 14.4 Å². The molecule has 1 aliphatic heterocycles. The van der Waals surface area contributed by atoms with Crippen LogP contribution in [0.15, 0.2) is 24.3 Å². The third kappa shape index (κ3) is 4.05. The summed E-state index contributed by atoms with van der Waals surface area (Å²) in [6.45, 7) is 3.80. The number of carbonyl (C=O) groups is 1. The van der Waals surface area contributed by atoms with E-state index in [0.717, 1.165) is 35.6 Å². The van der Waals surface area contributed by atoms with Crippen LogP contribution in [-0.2, 0) is 30.8 Å². The first kappa shape index (κ1) is 16.3. The largest absolute Gasteiger partial charge is 0.366 e. The molecule has 0 radical (unpaired) electrons. The highest BCUT2D eigenvalue weighted by molar-refractivity contribution is 5.72. The molecule has 0 unspecified atom stereocenters. The molecule has 0 saturated heterocycles. The third-order valence-corrected chi connectivity index (χ3v) is 3.82. The number of halogens is 1. The normalized spacial score (nSPS) is 13.2. The van der Waals surface area contributed by atoms with Gasteiger partial charge in [-0.2, -0.15) is 0 Å². The van der Waals surface area contributed by atoms with Gasteiger partial charge < -0.3 is 16.0 Å². The van der Waals surface area contributed by atoms with Crippen LogP contribution in [0.2, 0.25) is 0 Å². The quantitative estimate of drug-likeness (QED) is 0.775. The molecule has 0 atom stereocenters. The number of carbonyl (C=O) groups excluding carboxylic acids is 1. The van der Waals surface area contributed by atoms with Gasteiger partial charge in [0, 0.05) is 38.5 Å². The predicted octanol–water partition coefficient (Wildman–Crippen LogP) is 1.51. The number of benzene rings is 1. The maximum atomic E-state index is 13.3. The molecule has 126 valence electrons. The highest BCUT2D eigenvalue weighted by atomic mass is 19.1. The SMILES string of the molecule is CC(=O)NCc1nc2c(c(NCc3cccc(F)c3)n1)CNCC2. The lowest BCUT2D eigenvalue weighted by atomic mass is 10.1. The van der Waals surface area contributed by atoms with Crippen LogP contribution >= 0.6 is 0 Å². The Balaban J connectivity index is 1.81. The molecule has 0 saturated carbocycles. The lowest BCUT2D eigenvalue weighted by molar-refractivity contribution is -0.119. The Hall–Kier alpha value is -2.54. The van der Waals surface area contributed by atoms with E-state index in [-0.39, 0.29) is 11.7 Å². The Labute approximate surface area is 139 Å². The fraction of sp³-hybridized carbons (Fsp3) is 0.353. The number of hydrogen-bond donors (Lipinski definition) is 3. The van der Waals surface area contributed by atoms with Crippen molar-refractivity contribution in [2.75, 3.05) is 11.9 Å². The number of anilines is 1. The Bertz CT molecular complexity index is 750. The zero-order chi connectivity index (χ0) is 16.9. The van der Waals surface area contributed by atoms with Crippen LogP contribution in [0, 0.1) is 5.82 Å². The molecule has 0 spiro atoms. The van der Waals surface area contributed by atoms with Crippen molar-refractivity contribution < 1.29 is 9.18 Å². The van der Waals surface area contributed by atoms with E-state index in [9.17, 15) is 9.18 Å². The molecule has 6 nitrogen and oxygen atoms in total. The molecular weight excluding hydrogens is 309 g/mol. The zero-order valence-corrected chi connectivity index (χ0v) is 13.5. The molecule has 1 aliphatic rings. The fourth-order valence-corrected chi connectivity index (χ4v) is 2.66. The van der Waals surface area contributed by atoms with E-state index in [1.807, 2.05) is 6.07 Å². The van der Waals surface area contributed by atoms with E-state index in [1.165, 1.54) is 19.1 Å². The molecule has 2 heterocycles.